The molecule has 0 spiro atoms. The van der Waals surface area contributed by atoms with Crippen LogP contribution in [0.4, 0.5) is 0 Å². The number of rotatable bonds is 6. The van der Waals surface area contributed by atoms with E-state index in [1.807, 2.05) is 0 Å². The molecule has 0 aliphatic heterocycles. The van der Waals surface area contributed by atoms with Gasteiger partial charge in [-0.25, -0.2) is 0 Å². The second kappa shape index (κ2) is 7.66. The molecule has 3 heteroatoms. The topological polar surface area (TPSA) is 41.1 Å². The lowest BCUT2D eigenvalue weighted by Gasteiger charge is -2.26. The lowest BCUT2D eigenvalue weighted by Crippen LogP contribution is -2.29. The molecule has 2 N–H and O–H groups in total. The van der Waals surface area contributed by atoms with E-state index in [1.54, 1.807) is 6.92 Å². The van der Waals surface area contributed by atoms with Crippen molar-refractivity contribution in [3.63, 3.8) is 0 Å². The first kappa shape index (κ1) is 13.5. The first-order valence-electron chi connectivity index (χ1n) is 6.63. The zero-order valence-electron chi connectivity index (χ0n) is 10.7. The summed E-state index contributed by atoms with van der Waals surface area (Å²) in [4.78, 5) is 10.6. The van der Waals surface area contributed by atoms with Crippen molar-refractivity contribution < 1.29 is 4.79 Å². The molecule has 16 heavy (non-hydrogen) atoms. The Labute approximate surface area is 99.4 Å². The minimum Gasteiger partial charge on any atom is -0.356 e. The summed E-state index contributed by atoms with van der Waals surface area (Å²) in [6, 6.07) is 0. The fourth-order valence-electron chi connectivity index (χ4n) is 2.53. The van der Waals surface area contributed by atoms with Crippen LogP contribution in [-0.4, -0.2) is 25.5 Å². The monoisotopic (exact) mass is 226 g/mol. The predicted octanol–water partition coefficient (Wildman–Crippen LogP) is 1.93. The summed E-state index contributed by atoms with van der Waals surface area (Å²) in [5, 5.41) is 6.31. The van der Waals surface area contributed by atoms with Gasteiger partial charge in [0.2, 0.25) is 5.91 Å². The highest BCUT2D eigenvalue weighted by atomic mass is 16.1. The van der Waals surface area contributed by atoms with Crippen molar-refractivity contribution in [1.29, 1.82) is 0 Å². The van der Waals surface area contributed by atoms with Crippen LogP contribution in [0.1, 0.15) is 46.0 Å². The molecule has 0 aromatic rings. The van der Waals surface area contributed by atoms with Gasteiger partial charge < -0.3 is 10.6 Å². The van der Waals surface area contributed by atoms with Gasteiger partial charge in [0.25, 0.3) is 0 Å². The van der Waals surface area contributed by atoms with Crippen molar-refractivity contribution in [3.05, 3.63) is 0 Å². The van der Waals surface area contributed by atoms with Gasteiger partial charge >= 0.3 is 0 Å². The molecule has 0 unspecified atom stereocenters. The van der Waals surface area contributed by atoms with E-state index in [-0.39, 0.29) is 5.91 Å². The summed E-state index contributed by atoms with van der Waals surface area (Å²) >= 11 is 0. The molecule has 1 amide bonds. The van der Waals surface area contributed by atoms with E-state index in [4.69, 9.17) is 0 Å². The normalized spacial score (nSPS) is 25.4. The zero-order valence-corrected chi connectivity index (χ0v) is 10.7. The van der Waals surface area contributed by atoms with Gasteiger partial charge in [-0.2, -0.15) is 0 Å². The van der Waals surface area contributed by atoms with Crippen LogP contribution in [0.2, 0.25) is 0 Å². The van der Waals surface area contributed by atoms with Gasteiger partial charge in [-0.3, -0.25) is 4.79 Å². The maximum Gasteiger partial charge on any atom is 0.216 e. The second-order valence-corrected chi connectivity index (χ2v) is 5.18. The molecule has 2 atom stereocenters. The predicted molar refractivity (Wildman–Crippen MR) is 67.3 cm³/mol. The number of amides is 1. The van der Waals surface area contributed by atoms with Crippen LogP contribution in [0.5, 0.6) is 0 Å². The molecule has 3 nitrogen and oxygen atoms in total. The van der Waals surface area contributed by atoms with Crippen molar-refractivity contribution >= 4 is 5.91 Å². The Morgan fingerprint density at radius 2 is 2.12 bits per heavy atom. The lowest BCUT2D eigenvalue weighted by atomic mass is 9.82. The molecule has 0 bridgehead atoms. The van der Waals surface area contributed by atoms with Gasteiger partial charge in [0.05, 0.1) is 0 Å². The van der Waals surface area contributed by atoms with E-state index in [1.165, 1.54) is 25.7 Å². The van der Waals surface area contributed by atoms with Crippen LogP contribution >= 0.6 is 0 Å². The van der Waals surface area contributed by atoms with Crippen molar-refractivity contribution in [1.82, 2.24) is 10.6 Å². The molecule has 1 fully saturated rings. The molecule has 0 heterocycles. The highest BCUT2D eigenvalue weighted by Crippen LogP contribution is 2.27. The number of nitrogens with one attached hydrogen (secondary N) is 2. The Morgan fingerprint density at radius 1 is 1.31 bits per heavy atom. The number of hydrogen-bond donors (Lipinski definition) is 2. The summed E-state index contributed by atoms with van der Waals surface area (Å²) < 4.78 is 0. The summed E-state index contributed by atoms with van der Waals surface area (Å²) in [7, 11) is 0. The third-order valence-corrected chi connectivity index (χ3v) is 3.38. The van der Waals surface area contributed by atoms with Gasteiger partial charge in [0.15, 0.2) is 0 Å². The van der Waals surface area contributed by atoms with Crippen LogP contribution in [-0.2, 0) is 4.79 Å². The second-order valence-electron chi connectivity index (χ2n) is 5.18. The Kier molecular flexibility index (Phi) is 6.46. The smallest absolute Gasteiger partial charge is 0.216 e. The summed E-state index contributed by atoms with van der Waals surface area (Å²) in [6.07, 6.45) is 6.63. The number of carbonyl (C=O) groups excluding carboxylic acids is 1. The first-order chi connectivity index (χ1) is 7.68. The molecule has 1 aliphatic carbocycles. The minimum absolute atomic E-state index is 0.0705. The van der Waals surface area contributed by atoms with Crippen LogP contribution in [0.25, 0.3) is 0 Å². The van der Waals surface area contributed by atoms with Crippen LogP contribution in [0, 0.1) is 11.8 Å². The van der Waals surface area contributed by atoms with Gasteiger partial charge in [-0.05, 0) is 44.2 Å². The molecule has 0 aromatic heterocycles. The highest BCUT2D eigenvalue weighted by Gasteiger charge is 2.17. The highest BCUT2D eigenvalue weighted by molar-refractivity contribution is 5.72. The Bertz CT molecular complexity index is 206. The third kappa shape index (κ3) is 6.11. The van der Waals surface area contributed by atoms with E-state index in [9.17, 15) is 4.79 Å². The summed E-state index contributed by atoms with van der Waals surface area (Å²) in [5.41, 5.74) is 0. The molecule has 94 valence electrons. The van der Waals surface area contributed by atoms with E-state index in [2.05, 4.69) is 17.6 Å². The van der Waals surface area contributed by atoms with Crippen LogP contribution < -0.4 is 10.6 Å². The van der Waals surface area contributed by atoms with Gasteiger partial charge in [0, 0.05) is 13.5 Å². The fraction of sp³-hybridized carbons (Fsp3) is 0.923. The molecule has 0 saturated heterocycles. The maximum atomic E-state index is 10.6. The maximum absolute atomic E-state index is 10.6. The van der Waals surface area contributed by atoms with E-state index in [0.717, 1.165) is 37.9 Å². The molecule has 1 saturated carbocycles. The Balaban J connectivity index is 1.92. The van der Waals surface area contributed by atoms with Gasteiger partial charge in [-0.15, -0.1) is 0 Å². The van der Waals surface area contributed by atoms with Gasteiger partial charge in [0.1, 0.15) is 0 Å². The van der Waals surface area contributed by atoms with Gasteiger partial charge in [-0.1, -0.05) is 19.8 Å². The SMILES string of the molecule is CC(=O)NCCCNC[C@@H]1CCC[C@H](C)C1. The fourth-order valence-corrected chi connectivity index (χ4v) is 2.53. The van der Waals surface area contributed by atoms with Crippen molar-refractivity contribution in [2.45, 2.75) is 46.0 Å². The zero-order chi connectivity index (χ0) is 11.8. The first-order valence-corrected chi connectivity index (χ1v) is 6.63. The average molecular weight is 226 g/mol. The quantitative estimate of drug-likeness (QED) is 0.679. The minimum atomic E-state index is 0.0705. The molecule has 1 aliphatic rings. The molecule has 0 aromatic carbocycles. The number of carbonyl (C=O) groups is 1. The molecule has 1 rings (SSSR count). The molecule has 0 radical (unpaired) electrons. The molecular formula is C13H26N2O. The van der Waals surface area contributed by atoms with Crippen LogP contribution in [0.15, 0.2) is 0 Å². The third-order valence-electron chi connectivity index (χ3n) is 3.38. The standard InChI is InChI=1S/C13H26N2O/c1-11-5-3-6-13(9-11)10-14-7-4-8-15-12(2)16/h11,13-14H,3-10H2,1-2H3,(H,15,16)/t11-,13+/m0/s1. The summed E-state index contributed by atoms with van der Waals surface area (Å²) in [6.45, 7) is 6.90. The Morgan fingerprint density at radius 3 is 2.81 bits per heavy atom. The largest absolute Gasteiger partial charge is 0.356 e. The van der Waals surface area contributed by atoms with Crippen molar-refractivity contribution in [3.8, 4) is 0 Å². The summed E-state index contributed by atoms with van der Waals surface area (Å²) in [5.74, 6) is 1.87. The van der Waals surface area contributed by atoms with Crippen molar-refractivity contribution in [2.75, 3.05) is 19.6 Å². The van der Waals surface area contributed by atoms with E-state index >= 15 is 0 Å². The average Bonchev–Trinajstić information content (AvgIpc) is 2.23. The Hall–Kier alpha value is -0.570. The van der Waals surface area contributed by atoms with Crippen LogP contribution in [0.3, 0.4) is 0 Å². The van der Waals surface area contributed by atoms with E-state index < -0.39 is 0 Å². The molecular weight excluding hydrogens is 200 g/mol. The number of hydrogen-bond acceptors (Lipinski definition) is 2. The lowest BCUT2D eigenvalue weighted by molar-refractivity contribution is -0.118. The van der Waals surface area contributed by atoms with E-state index in [0.29, 0.717) is 0 Å². The van der Waals surface area contributed by atoms with Crippen molar-refractivity contribution in [2.24, 2.45) is 11.8 Å².